The van der Waals surface area contributed by atoms with Crippen molar-refractivity contribution in [1.82, 2.24) is 9.97 Å². The molecule has 0 fully saturated rings. The molecule has 2 heterocycles. The van der Waals surface area contributed by atoms with Gasteiger partial charge in [0, 0.05) is 24.0 Å². The zero-order valence-corrected chi connectivity index (χ0v) is 16.3. The number of hydrogen-bond acceptors (Lipinski definition) is 5. The van der Waals surface area contributed by atoms with E-state index in [2.05, 4.69) is 29.9 Å². The summed E-state index contributed by atoms with van der Waals surface area (Å²) in [4.78, 5) is 8.21. The molecule has 0 unspecified atom stereocenters. The maximum Gasteiger partial charge on any atom is 0.179 e. The summed E-state index contributed by atoms with van der Waals surface area (Å²) in [6.45, 7) is 4.10. The first-order valence-corrected chi connectivity index (χ1v) is 8.91. The predicted octanol–water partition coefficient (Wildman–Crippen LogP) is 5.42. The minimum absolute atomic E-state index is 0.0535. The molecule has 0 spiro atoms. The van der Waals surface area contributed by atoms with Gasteiger partial charge >= 0.3 is 0 Å². The van der Waals surface area contributed by atoms with Gasteiger partial charge in [-0.1, -0.05) is 37.0 Å². The number of allylic oxidation sites excluding steroid dienone is 1. The summed E-state index contributed by atoms with van der Waals surface area (Å²) >= 11 is 12.3. The lowest BCUT2D eigenvalue weighted by Gasteiger charge is -2.18. The number of methoxy groups -OCH3 is 1. The van der Waals surface area contributed by atoms with Gasteiger partial charge in [0.2, 0.25) is 0 Å². The topological polar surface area (TPSA) is 68.0 Å². The SMILES string of the molecule is CCC(CC)Oc1cc(/C(C#N)=C/c2c(Cl)cncc2Cl)ncc1OC. The average Bonchev–Trinajstić information content (AvgIpc) is 2.66. The molecule has 5 nitrogen and oxygen atoms in total. The van der Waals surface area contributed by atoms with E-state index in [1.54, 1.807) is 19.3 Å². The fourth-order valence-corrected chi connectivity index (χ4v) is 2.79. The molecule has 2 aromatic rings. The zero-order chi connectivity index (χ0) is 19.1. The summed E-state index contributed by atoms with van der Waals surface area (Å²) in [6, 6.07) is 3.82. The molecule has 0 aliphatic heterocycles. The van der Waals surface area contributed by atoms with Crippen LogP contribution < -0.4 is 9.47 Å². The number of halogens is 2. The molecule has 2 aromatic heterocycles. The first-order chi connectivity index (χ1) is 12.5. The Labute approximate surface area is 163 Å². The van der Waals surface area contributed by atoms with Crippen LogP contribution in [0, 0.1) is 11.3 Å². The van der Waals surface area contributed by atoms with E-state index in [1.165, 1.54) is 18.6 Å². The molecule has 0 aliphatic rings. The Morgan fingerprint density at radius 3 is 2.38 bits per heavy atom. The molecule has 0 bridgehead atoms. The molecular formula is C19H19Cl2N3O2. The molecule has 2 rings (SSSR count). The Morgan fingerprint density at radius 2 is 1.85 bits per heavy atom. The summed E-state index contributed by atoms with van der Waals surface area (Å²) < 4.78 is 11.3. The highest BCUT2D eigenvalue weighted by Crippen LogP contribution is 2.32. The smallest absolute Gasteiger partial charge is 0.179 e. The van der Waals surface area contributed by atoms with Crippen LogP contribution in [0.25, 0.3) is 11.6 Å². The van der Waals surface area contributed by atoms with Crippen LogP contribution in [0.15, 0.2) is 24.7 Å². The predicted molar refractivity (Wildman–Crippen MR) is 104 cm³/mol. The van der Waals surface area contributed by atoms with Crippen LogP contribution in [0.2, 0.25) is 10.0 Å². The van der Waals surface area contributed by atoms with Crippen LogP contribution in [0.3, 0.4) is 0 Å². The number of rotatable bonds is 7. The van der Waals surface area contributed by atoms with Crippen LogP contribution >= 0.6 is 23.2 Å². The Bertz CT molecular complexity index is 823. The van der Waals surface area contributed by atoms with E-state index in [4.69, 9.17) is 32.7 Å². The van der Waals surface area contributed by atoms with Crippen LogP contribution in [0.4, 0.5) is 0 Å². The van der Waals surface area contributed by atoms with Crippen LogP contribution in [-0.2, 0) is 0 Å². The number of pyridine rings is 2. The van der Waals surface area contributed by atoms with E-state index in [9.17, 15) is 5.26 Å². The average molecular weight is 392 g/mol. The second-order valence-electron chi connectivity index (χ2n) is 5.46. The molecule has 136 valence electrons. The highest BCUT2D eigenvalue weighted by molar-refractivity contribution is 6.37. The maximum absolute atomic E-state index is 9.58. The lowest BCUT2D eigenvalue weighted by Crippen LogP contribution is -2.14. The Hall–Kier alpha value is -2.29. The van der Waals surface area contributed by atoms with Crippen LogP contribution in [0.5, 0.6) is 11.5 Å². The molecule has 7 heteroatoms. The van der Waals surface area contributed by atoms with Crippen molar-refractivity contribution in [2.24, 2.45) is 0 Å². The van der Waals surface area contributed by atoms with Crippen molar-refractivity contribution in [3.05, 3.63) is 46.0 Å². The molecule has 0 saturated carbocycles. The summed E-state index contributed by atoms with van der Waals surface area (Å²) in [5.41, 5.74) is 1.26. The van der Waals surface area contributed by atoms with Crippen molar-refractivity contribution in [2.45, 2.75) is 32.8 Å². The van der Waals surface area contributed by atoms with E-state index in [1.807, 2.05) is 0 Å². The molecule has 0 radical (unpaired) electrons. The molecule has 0 aliphatic carbocycles. The van der Waals surface area contributed by atoms with Gasteiger partial charge in [-0.3, -0.25) is 9.97 Å². The normalized spacial score (nSPS) is 11.3. The van der Waals surface area contributed by atoms with E-state index in [0.717, 1.165) is 12.8 Å². The molecule has 0 atom stereocenters. The molecule has 0 N–H and O–H groups in total. The number of nitriles is 1. The minimum Gasteiger partial charge on any atom is -0.491 e. The highest BCUT2D eigenvalue weighted by atomic mass is 35.5. The quantitative estimate of drug-likeness (QED) is 0.589. The molecule has 26 heavy (non-hydrogen) atoms. The third-order valence-electron chi connectivity index (χ3n) is 3.83. The molecule has 0 saturated heterocycles. The summed E-state index contributed by atoms with van der Waals surface area (Å²) in [6.07, 6.45) is 7.84. The Balaban J connectivity index is 2.48. The maximum atomic E-state index is 9.58. The fraction of sp³-hybridized carbons (Fsp3) is 0.316. The first-order valence-electron chi connectivity index (χ1n) is 8.15. The van der Waals surface area contributed by atoms with Gasteiger partial charge in [-0.2, -0.15) is 5.26 Å². The van der Waals surface area contributed by atoms with Gasteiger partial charge in [0.15, 0.2) is 11.5 Å². The monoisotopic (exact) mass is 391 g/mol. The van der Waals surface area contributed by atoms with Gasteiger partial charge in [-0.05, 0) is 18.9 Å². The van der Waals surface area contributed by atoms with Crippen LogP contribution in [0.1, 0.15) is 37.9 Å². The van der Waals surface area contributed by atoms with Crippen molar-refractivity contribution < 1.29 is 9.47 Å². The summed E-state index contributed by atoms with van der Waals surface area (Å²) in [7, 11) is 1.55. The van der Waals surface area contributed by atoms with Crippen molar-refractivity contribution in [2.75, 3.05) is 7.11 Å². The number of hydrogen-bond donors (Lipinski definition) is 0. The second kappa shape index (κ2) is 9.42. The summed E-state index contributed by atoms with van der Waals surface area (Å²) in [5, 5.41) is 10.3. The number of ether oxygens (including phenoxy) is 2. The fourth-order valence-electron chi connectivity index (χ4n) is 2.32. The number of nitrogens with zero attached hydrogens (tertiary/aromatic N) is 3. The second-order valence-corrected chi connectivity index (χ2v) is 6.28. The Morgan fingerprint density at radius 1 is 1.19 bits per heavy atom. The largest absolute Gasteiger partial charge is 0.491 e. The first kappa shape index (κ1) is 20.0. The molecule has 0 aromatic carbocycles. The van der Waals surface area contributed by atoms with Gasteiger partial charge in [0.05, 0.1) is 40.7 Å². The molecule has 0 amide bonds. The van der Waals surface area contributed by atoms with Crippen molar-refractivity contribution >= 4 is 34.9 Å². The molecular weight excluding hydrogens is 373 g/mol. The van der Waals surface area contributed by atoms with E-state index in [0.29, 0.717) is 38.4 Å². The minimum atomic E-state index is 0.0535. The van der Waals surface area contributed by atoms with Crippen molar-refractivity contribution in [1.29, 1.82) is 5.26 Å². The van der Waals surface area contributed by atoms with E-state index < -0.39 is 0 Å². The van der Waals surface area contributed by atoms with Gasteiger partial charge in [-0.15, -0.1) is 0 Å². The lowest BCUT2D eigenvalue weighted by atomic mass is 10.1. The van der Waals surface area contributed by atoms with Crippen LogP contribution in [-0.4, -0.2) is 23.2 Å². The van der Waals surface area contributed by atoms with Gasteiger partial charge in [0.25, 0.3) is 0 Å². The van der Waals surface area contributed by atoms with Gasteiger partial charge < -0.3 is 9.47 Å². The highest BCUT2D eigenvalue weighted by Gasteiger charge is 2.15. The van der Waals surface area contributed by atoms with Gasteiger partial charge in [0.1, 0.15) is 6.07 Å². The lowest BCUT2D eigenvalue weighted by molar-refractivity contribution is 0.184. The van der Waals surface area contributed by atoms with Gasteiger partial charge in [-0.25, -0.2) is 0 Å². The zero-order valence-electron chi connectivity index (χ0n) is 14.8. The van der Waals surface area contributed by atoms with Crippen molar-refractivity contribution in [3.63, 3.8) is 0 Å². The van der Waals surface area contributed by atoms with E-state index in [-0.39, 0.29) is 6.10 Å². The number of aromatic nitrogens is 2. The summed E-state index contributed by atoms with van der Waals surface area (Å²) in [5.74, 6) is 1.05. The third-order valence-corrected chi connectivity index (χ3v) is 4.43. The standard InChI is InChI=1S/C19H19Cl2N3O2/c1-4-13(5-2)26-18-7-17(24-11-19(18)25-3)12(8-22)6-14-15(20)9-23-10-16(14)21/h6-7,9-11,13H,4-5H2,1-3H3/b12-6+. The van der Waals surface area contributed by atoms with E-state index >= 15 is 0 Å². The third kappa shape index (κ3) is 4.66. The Kier molecular flexibility index (Phi) is 7.26. The van der Waals surface area contributed by atoms with Crippen molar-refractivity contribution in [3.8, 4) is 17.6 Å².